The van der Waals surface area contributed by atoms with Gasteiger partial charge in [0.15, 0.2) is 0 Å². The van der Waals surface area contributed by atoms with E-state index in [1.54, 1.807) is 11.8 Å². The van der Waals surface area contributed by atoms with Gasteiger partial charge in [-0.05, 0) is 12.8 Å². The van der Waals surface area contributed by atoms with Gasteiger partial charge in [-0.3, -0.25) is 4.79 Å². The van der Waals surface area contributed by atoms with Crippen LogP contribution < -0.4 is 0 Å². The number of carbonyl (C=O) groups is 1. The number of aromatic nitrogens is 3. The Kier molecular flexibility index (Phi) is 8.19. The molecule has 0 amide bonds. The number of unbranched alkanes of at least 4 members (excludes halogenated alkanes) is 4. The fourth-order valence-corrected chi connectivity index (χ4v) is 3.82. The number of rotatable bonds is 11. The molecule has 29 heavy (non-hydrogen) atoms. The lowest BCUT2D eigenvalue weighted by Crippen LogP contribution is -1.99. The number of hydrogen-bond acceptors (Lipinski definition) is 5. The second kappa shape index (κ2) is 11.3. The third-order valence-electron chi connectivity index (χ3n) is 4.53. The second-order valence-corrected chi connectivity index (χ2v) is 7.85. The molecular weight excluding hydrogens is 382 g/mol. The van der Waals surface area contributed by atoms with Crippen LogP contribution in [0, 0.1) is 0 Å². The molecule has 1 aromatic heterocycles. The maximum absolute atomic E-state index is 10.5. The minimum absolute atomic E-state index is 0.268. The van der Waals surface area contributed by atoms with Crippen LogP contribution in [0.25, 0.3) is 22.5 Å². The van der Waals surface area contributed by atoms with Crippen LogP contribution in [0.3, 0.4) is 0 Å². The summed E-state index contributed by atoms with van der Waals surface area (Å²) in [5, 5.41) is 18.2. The third kappa shape index (κ3) is 6.68. The lowest BCUT2D eigenvalue weighted by molar-refractivity contribution is -0.137. The Labute approximate surface area is 175 Å². The molecule has 3 rings (SSSR count). The summed E-state index contributed by atoms with van der Waals surface area (Å²) in [6, 6.07) is 20.1. The van der Waals surface area contributed by atoms with Crippen molar-refractivity contribution in [3.63, 3.8) is 0 Å². The Morgan fingerprint density at radius 2 is 1.34 bits per heavy atom. The zero-order chi connectivity index (χ0) is 20.3. The Morgan fingerprint density at radius 1 is 0.759 bits per heavy atom. The number of carboxylic acids is 1. The summed E-state index contributed by atoms with van der Waals surface area (Å²) in [5.41, 5.74) is 3.67. The zero-order valence-corrected chi connectivity index (χ0v) is 17.1. The van der Waals surface area contributed by atoms with Gasteiger partial charge in [0.1, 0.15) is 11.4 Å². The monoisotopic (exact) mass is 407 g/mol. The number of aliphatic carboxylic acids is 1. The van der Waals surface area contributed by atoms with E-state index < -0.39 is 5.97 Å². The molecule has 0 aliphatic rings. The summed E-state index contributed by atoms with van der Waals surface area (Å²) in [7, 11) is 0. The predicted octanol–water partition coefficient (Wildman–Crippen LogP) is 5.72. The van der Waals surface area contributed by atoms with Crippen molar-refractivity contribution in [3.8, 4) is 22.5 Å². The number of carboxylic acid groups (broad SMARTS) is 1. The smallest absolute Gasteiger partial charge is 0.303 e. The molecular formula is C23H25N3O2S. The quantitative estimate of drug-likeness (QED) is 0.323. The van der Waals surface area contributed by atoms with Gasteiger partial charge in [-0.2, -0.15) is 0 Å². The van der Waals surface area contributed by atoms with Gasteiger partial charge >= 0.3 is 5.97 Å². The molecule has 2 aromatic carbocycles. The van der Waals surface area contributed by atoms with Gasteiger partial charge in [-0.25, -0.2) is 4.98 Å². The SMILES string of the molecule is O=C(O)CCCCCCCSc1nnc(-c2ccccc2)c(-c2ccccc2)n1. The van der Waals surface area contributed by atoms with Crippen LogP contribution in [0.15, 0.2) is 65.8 Å². The average molecular weight is 408 g/mol. The minimum atomic E-state index is -0.710. The third-order valence-corrected chi connectivity index (χ3v) is 5.45. The molecule has 150 valence electrons. The van der Waals surface area contributed by atoms with E-state index in [1.807, 2.05) is 60.7 Å². The molecule has 0 aliphatic heterocycles. The molecule has 0 radical (unpaired) electrons. The van der Waals surface area contributed by atoms with Crippen molar-refractivity contribution in [2.24, 2.45) is 0 Å². The summed E-state index contributed by atoms with van der Waals surface area (Å²) in [6.07, 6.45) is 5.21. The topological polar surface area (TPSA) is 76.0 Å². The first kappa shape index (κ1) is 21.0. The lowest BCUT2D eigenvalue weighted by Gasteiger charge is -2.09. The molecule has 0 spiro atoms. The second-order valence-electron chi connectivity index (χ2n) is 6.78. The van der Waals surface area contributed by atoms with Gasteiger partial charge in [-0.1, -0.05) is 91.7 Å². The maximum Gasteiger partial charge on any atom is 0.303 e. The first-order valence-electron chi connectivity index (χ1n) is 9.94. The Hall–Kier alpha value is -2.73. The molecule has 3 aromatic rings. The van der Waals surface area contributed by atoms with Crippen molar-refractivity contribution in [2.75, 3.05) is 5.75 Å². The van der Waals surface area contributed by atoms with Crippen molar-refractivity contribution >= 4 is 17.7 Å². The van der Waals surface area contributed by atoms with Crippen LogP contribution in [0.2, 0.25) is 0 Å². The molecule has 0 saturated carbocycles. The number of thioether (sulfide) groups is 1. The highest BCUT2D eigenvalue weighted by Crippen LogP contribution is 2.29. The number of hydrogen-bond donors (Lipinski definition) is 1. The summed E-state index contributed by atoms with van der Waals surface area (Å²) < 4.78 is 0. The highest BCUT2D eigenvalue weighted by Gasteiger charge is 2.13. The summed E-state index contributed by atoms with van der Waals surface area (Å²) in [6.45, 7) is 0. The van der Waals surface area contributed by atoms with E-state index >= 15 is 0 Å². The van der Waals surface area contributed by atoms with Crippen LogP contribution in [-0.2, 0) is 4.79 Å². The van der Waals surface area contributed by atoms with E-state index in [-0.39, 0.29) is 6.42 Å². The van der Waals surface area contributed by atoms with Gasteiger partial charge in [0.25, 0.3) is 0 Å². The molecule has 0 atom stereocenters. The Morgan fingerprint density at radius 3 is 2.00 bits per heavy atom. The molecule has 0 unspecified atom stereocenters. The van der Waals surface area contributed by atoms with E-state index in [2.05, 4.69) is 10.2 Å². The Bertz CT molecular complexity index is 905. The fourth-order valence-electron chi connectivity index (χ4n) is 3.03. The number of benzene rings is 2. The highest BCUT2D eigenvalue weighted by atomic mass is 32.2. The van der Waals surface area contributed by atoms with Crippen LogP contribution in [0.4, 0.5) is 0 Å². The Balaban J connectivity index is 1.61. The van der Waals surface area contributed by atoms with Crippen LogP contribution in [-0.4, -0.2) is 32.0 Å². The zero-order valence-electron chi connectivity index (χ0n) is 16.3. The largest absolute Gasteiger partial charge is 0.481 e. The minimum Gasteiger partial charge on any atom is -0.481 e. The summed E-state index contributed by atoms with van der Waals surface area (Å²) in [5.74, 6) is 0.220. The standard InChI is InChI=1S/C23H25N3O2S/c27-20(28)16-10-2-1-3-11-17-29-23-24-21(18-12-6-4-7-13-18)22(25-26-23)19-14-8-5-9-15-19/h4-9,12-15H,1-3,10-11,16-17H2,(H,27,28). The summed E-state index contributed by atoms with van der Waals surface area (Å²) in [4.78, 5) is 15.3. The van der Waals surface area contributed by atoms with Crippen molar-refractivity contribution in [1.82, 2.24) is 15.2 Å². The van der Waals surface area contributed by atoms with E-state index in [4.69, 9.17) is 10.1 Å². The summed E-state index contributed by atoms with van der Waals surface area (Å²) >= 11 is 1.62. The van der Waals surface area contributed by atoms with E-state index in [0.717, 1.165) is 60.4 Å². The van der Waals surface area contributed by atoms with Crippen LogP contribution in [0.1, 0.15) is 38.5 Å². The number of nitrogens with zero attached hydrogens (tertiary/aromatic N) is 3. The lowest BCUT2D eigenvalue weighted by atomic mass is 10.0. The van der Waals surface area contributed by atoms with Gasteiger partial charge in [0.2, 0.25) is 5.16 Å². The maximum atomic E-state index is 10.5. The predicted molar refractivity (Wildman–Crippen MR) is 117 cm³/mol. The van der Waals surface area contributed by atoms with Gasteiger partial charge in [0.05, 0.1) is 0 Å². The molecule has 0 saturated heterocycles. The molecule has 6 heteroatoms. The first-order valence-corrected chi connectivity index (χ1v) is 10.9. The van der Waals surface area contributed by atoms with Crippen LogP contribution in [0.5, 0.6) is 0 Å². The molecule has 0 aliphatic carbocycles. The molecule has 0 bridgehead atoms. The fraction of sp³-hybridized carbons (Fsp3) is 0.304. The van der Waals surface area contributed by atoms with Crippen molar-refractivity contribution < 1.29 is 9.90 Å². The van der Waals surface area contributed by atoms with Gasteiger partial charge in [-0.15, -0.1) is 10.2 Å². The highest BCUT2D eigenvalue weighted by molar-refractivity contribution is 7.99. The van der Waals surface area contributed by atoms with E-state index in [0.29, 0.717) is 5.16 Å². The van der Waals surface area contributed by atoms with Crippen molar-refractivity contribution in [3.05, 3.63) is 60.7 Å². The van der Waals surface area contributed by atoms with E-state index in [9.17, 15) is 4.79 Å². The molecule has 1 N–H and O–H groups in total. The van der Waals surface area contributed by atoms with Crippen LogP contribution >= 0.6 is 11.8 Å². The van der Waals surface area contributed by atoms with Crippen molar-refractivity contribution in [2.45, 2.75) is 43.7 Å². The average Bonchev–Trinajstić information content (AvgIpc) is 2.76. The van der Waals surface area contributed by atoms with Crippen molar-refractivity contribution in [1.29, 1.82) is 0 Å². The first-order chi connectivity index (χ1) is 14.2. The van der Waals surface area contributed by atoms with Gasteiger partial charge in [0, 0.05) is 23.3 Å². The molecule has 0 fully saturated rings. The molecule has 1 heterocycles. The molecule has 5 nitrogen and oxygen atoms in total. The van der Waals surface area contributed by atoms with Gasteiger partial charge < -0.3 is 5.11 Å². The normalized spacial score (nSPS) is 10.8. The van der Waals surface area contributed by atoms with E-state index in [1.165, 1.54) is 0 Å².